The second kappa shape index (κ2) is 9.66. The molecular weight excluding hydrogens is 509 g/mol. The molecule has 3 heterocycles. The van der Waals surface area contributed by atoms with Crippen molar-refractivity contribution in [3.8, 4) is 0 Å². The van der Waals surface area contributed by atoms with Crippen molar-refractivity contribution in [3.05, 3.63) is 12.7 Å². The zero-order valence-electron chi connectivity index (χ0n) is 22.6. The molecule has 208 valence electrons. The Morgan fingerprint density at radius 3 is 2.68 bits per heavy atom. The van der Waals surface area contributed by atoms with E-state index >= 15 is 0 Å². The summed E-state index contributed by atoms with van der Waals surface area (Å²) in [6.07, 6.45) is 10.9. The summed E-state index contributed by atoms with van der Waals surface area (Å²) in [6, 6.07) is 0. The van der Waals surface area contributed by atoms with Crippen molar-refractivity contribution in [2.75, 3.05) is 12.1 Å². The van der Waals surface area contributed by atoms with Crippen LogP contribution in [0.2, 0.25) is 0 Å². The maximum atomic E-state index is 14.0. The van der Waals surface area contributed by atoms with Crippen molar-refractivity contribution in [2.45, 2.75) is 103 Å². The molecular formula is C25H38N7O5P. The predicted octanol–water partition coefficient (Wildman–Crippen LogP) is 3.22. The number of hydrogen-bond acceptors (Lipinski definition) is 9. The van der Waals surface area contributed by atoms with Crippen LogP contribution in [0, 0.1) is 5.41 Å². The fourth-order valence-corrected chi connectivity index (χ4v) is 9.67. The molecule has 1 spiro atoms. The summed E-state index contributed by atoms with van der Waals surface area (Å²) in [6.45, 7) is 7.14. The van der Waals surface area contributed by atoms with E-state index in [1.165, 1.54) is 43.1 Å². The molecule has 3 aliphatic rings. The summed E-state index contributed by atoms with van der Waals surface area (Å²) in [7, 11) is -3.42. The fourth-order valence-electron chi connectivity index (χ4n) is 6.56. The minimum atomic E-state index is -3.42. The minimum Gasteiger partial charge on any atom is -0.461 e. The number of anilines is 1. The molecule has 1 aliphatic heterocycles. The van der Waals surface area contributed by atoms with Crippen molar-refractivity contribution in [3.63, 3.8) is 0 Å². The van der Waals surface area contributed by atoms with Gasteiger partial charge in [0, 0.05) is 0 Å². The first-order chi connectivity index (χ1) is 17.9. The quantitative estimate of drug-likeness (QED) is 0.270. The van der Waals surface area contributed by atoms with E-state index in [2.05, 4.69) is 20.0 Å². The Hall–Kier alpha value is -2.40. The van der Waals surface area contributed by atoms with E-state index in [-0.39, 0.29) is 18.6 Å². The summed E-state index contributed by atoms with van der Waals surface area (Å²) in [5.41, 5.74) is 4.69. The molecule has 3 N–H and O–H groups in total. The van der Waals surface area contributed by atoms with Crippen molar-refractivity contribution in [1.29, 1.82) is 0 Å². The first-order valence-electron chi connectivity index (χ1n) is 13.3. The highest BCUT2D eigenvalue weighted by Gasteiger charge is 2.64. The summed E-state index contributed by atoms with van der Waals surface area (Å²) in [5.74, 6) is -0.183. The highest BCUT2D eigenvalue weighted by molar-refractivity contribution is 7.61. The smallest absolute Gasteiger partial charge is 0.326 e. The number of hydrogen-bond donors (Lipinski definition) is 2. The van der Waals surface area contributed by atoms with Gasteiger partial charge in [0.15, 0.2) is 17.8 Å². The molecule has 3 atom stereocenters. The molecule has 2 aliphatic carbocycles. The maximum absolute atomic E-state index is 14.0. The number of esters is 1. The van der Waals surface area contributed by atoms with E-state index in [0.717, 1.165) is 12.8 Å². The molecule has 0 radical (unpaired) electrons. The van der Waals surface area contributed by atoms with Crippen LogP contribution in [-0.2, 0) is 30.2 Å². The molecule has 5 rings (SSSR count). The number of nitrogens with two attached hydrogens (primary N) is 1. The van der Waals surface area contributed by atoms with Crippen molar-refractivity contribution in [2.24, 2.45) is 5.41 Å². The number of ether oxygens (including phenoxy) is 2. The molecule has 0 bridgehead atoms. The Morgan fingerprint density at radius 2 is 2.00 bits per heavy atom. The van der Waals surface area contributed by atoms with Gasteiger partial charge in [0.25, 0.3) is 0 Å². The van der Waals surface area contributed by atoms with Gasteiger partial charge < -0.3 is 19.8 Å². The maximum Gasteiger partial charge on any atom is 0.326 e. The van der Waals surface area contributed by atoms with E-state index in [9.17, 15) is 14.2 Å². The molecule has 13 heteroatoms. The Morgan fingerprint density at radius 1 is 1.29 bits per heavy atom. The van der Waals surface area contributed by atoms with Gasteiger partial charge in [-0.1, -0.05) is 19.3 Å². The van der Waals surface area contributed by atoms with E-state index in [1.807, 2.05) is 6.92 Å². The minimum absolute atomic E-state index is 0.130. The number of carbonyl (C=O) groups is 2. The lowest BCUT2D eigenvalue weighted by molar-refractivity contribution is -0.177. The third-order valence-electron chi connectivity index (χ3n) is 8.35. The van der Waals surface area contributed by atoms with Crippen LogP contribution < -0.4 is 10.8 Å². The van der Waals surface area contributed by atoms with E-state index in [4.69, 9.17) is 15.2 Å². The van der Waals surface area contributed by atoms with Crippen LogP contribution in [-0.4, -0.2) is 66.2 Å². The SMILES string of the molecule is CC(Cn1cnc2c(N)ncnc21)OCP1(=O)NC(C)(C=O)N1C(C)(C)C(=O)OC1CC2(CCCCC2)C1. The molecule has 0 aromatic carbocycles. The van der Waals surface area contributed by atoms with Crippen LogP contribution in [0.3, 0.4) is 0 Å². The predicted molar refractivity (Wildman–Crippen MR) is 141 cm³/mol. The Bertz CT molecular complexity index is 1270. The topological polar surface area (TPSA) is 155 Å². The lowest BCUT2D eigenvalue weighted by Crippen LogP contribution is -2.74. The molecule has 2 aromatic rings. The zero-order chi connectivity index (χ0) is 27.3. The molecule has 2 aromatic heterocycles. The summed E-state index contributed by atoms with van der Waals surface area (Å²) in [5, 5.41) is 2.90. The lowest BCUT2D eigenvalue weighted by Gasteiger charge is -2.59. The van der Waals surface area contributed by atoms with Crippen molar-refractivity contribution >= 4 is 36.7 Å². The van der Waals surface area contributed by atoms with E-state index < -0.39 is 24.6 Å². The van der Waals surface area contributed by atoms with Crippen molar-refractivity contribution < 1.29 is 23.6 Å². The number of aromatic nitrogens is 4. The van der Waals surface area contributed by atoms with E-state index in [0.29, 0.717) is 35.2 Å². The number of nitrogens with zero attached hydrogens (tertiary/aromatic N) is 5. The van der Waals surface area contributed by atoms with E-state index in [1.54, 1.807) is 31.7 Å². The monoisotopic (exact) mass is 547 g/mol. The summed E-state index contributed by atoms with van der Waals surface area (Å²) in [4.78, 5) is 37.8. The zero-order valence-corrected chi connectivity index (χ0v) is 23.4. The number of aldehydes is 1. The summed E-state index contributed by atoms with van der Waals surface area (Å²) < 4.78 is 29.1. The Balaban J connectivity index is 1.23. The summed E-state index contributed by atoms with van der Waals surface area (Å²) >= 11 is 0. The normalized spacial score (nSPS) is 28.5. The van der Waals surface area contributed by atoms with Gasteiger partial charge in [0.2, 0.25) is 7.44 Å². The van der Waals surface area contributed by atoms with Crippen LogP contribution in [0.5, 0.6) is 0 Å². The van der Waals surface area contributed by atoms with Gasteiger partial charge in [-0.15, -0.1) is 0 Å². The average Bonchev–Trinajstić information content (AvgIpc) is 3.25. The number of imidazole rings is 1. The van der Waals surface area contributed by atoms with Gasteiger partial charge in [0.1, 0.15) is 35.5 Å². The molecule has 3 fully saturated rings. The molecule has 2 saturated carbocycles. The molecule has 3 unspecified atom stereocenters. The number of fused-ring (bicyclic) bond motifs is 1. The largest absolute Gasteiger partial charge is 0.461 e. The van der Waals surface area contributed by atoms with Gasteiger partial charge in [-0.2, -0.15) is 4.67 Å². The number of rotatable bonds is 9. The Kier molecular flexibility index (Phi) is 6.91. The van der Waals surface area contributed by atoms with Crippen LogP contribution in [0.15, 0.2) is 12.7 Å². The third kappa shape index (κ3) is 4.65. The van der Waals surface area contributed by atoms with Gasteiger partial charge in [-0.3, -0.25) is 14.2 Å². The molecule has 12 nitrogen and oxygen atoms in total. The first kappa shape index (κ1) is 27.2. The van der Waals surface area contributed by atoms with Gasteiger partial charge in [-0.05, 0) is 58.8 Å². The number of carbonyl (C=O) groups excluding carboxylic acids is 2. The van der Waals surface area contributed by atoms with Crippen LogP contribution in [0.25, 0.3) is 11.2 Å². The highest BCUT2D eigenvalue weighted by atomic mass is 31.2. The van der Waals surface area contributed by atoms with Crippen LogP contribution in [0.1, 0.15) is 72.6 Å². The second-order valence-electron chi connectivity index (χ2n) is 11.9. The standard InChI is InChI=1S/C25H38N7O5P/c1-17(12-31-15-29-19-20(26)27-14-28-21(19)31)36-16-38(35)30-24(4,13-33)32(38)23(2,3)22(34)37-18-10-25(11-18)8-6-5-7-9-25/h13-15,17-18H,5-12,16H2,1-4H3,(H,30,35)(H2,26,27,28). The lowest BCUT2D eigenvalue weighted by atomic mass is 9.59. The van der Waals surface area contributed by atoms with Gasteiger partial charge >= 0.3 is 5.97 Å². The second-order valence-corrected chi connectivity index (χ2v) is 14.2. The van der Waals surface area contributed by atoms with Gasteiger partial charge in [-0.25, -0.2) is 20.0 Å². The van der Waals surface area contributed by atoms with Crippen molar-refractivity contribution in [1.82, 2.24) is 29.3 Å². The third-order valence-corrected chi connectivity index (χ3v) is 11.2. The fraction of sp³-hybridized carbons (Fsp3) is 0.720. The molecule has 1 saturated heterocycles. The first-order valence-corrected chi connectivity index (χ1v) is 15.2. The molecule has 38 heavy (non-hydrogen) atoms. The number of nitrogens with one attached hydrogen (secondary N) is 1. The highest BCUT2D eigenvalue weighted by Crippen LogP contribution is 2.63. The van der Waals surface area contributed by atoms with Gasteiger partial charge in [0.05, 0.1) is 19.0 Å². The average molecular weight is 548 g/mol. The number of nitrogen functional groups attached to an aromatic ring is 1. The van der Waals surface area contributed by atoms with Crippen LogP contribution >= 0.6 is 7.44 Å². The molecule has 0 amide bonds. The van der Waals surface area contributed by atoms with Crippen LogP contribution in [0.4, 0.5) is 5.82 Å². The Labute approximate surface area is 222 Å².